The van der Waals surface area contributed by atoms with Gasteiger partial charge in [-0.3, -0.25) is 0 Å². The Hall–Kier alpha value is -1.30. The molecule has 3 atom stereocenters. The third kappa shape index (κ3) is 3.48. The zero-order chi connectivity index (χ0) is 14.8. The molecule has 1 unspecified atom stereocenters. The van der Waals surface area contributed by atoms with Crippen LogP contribution in [0.4, 0.5) is 10.6 Å². The van der Waals surface area contributed by atoms with Crippen LogP contribution in [0.1, 0.15) is 19.3 Å². The Morgan fingerprint density at radius 3 is 2.67 bits per heavy atom. The Labute approximate surface area is 133 Å². The molecule has 2 fully saturated rings. The van der Waals surface area contributed by atoms with E-state index in [1.807, 2.05) is 12.3 Å². The summed E-state index contributed by atoms with van der Waals surface area (Å²) in [5.74, 6) is 3.23. The van der Waals surface area contributed by atoms with Crippen LogP contribution in [0.2, 0.25) is 0 Å². The number of anilines is 1. The van der Waals surface area contributed by atoms with Crippen molar-refractivity contribution >= 4 is 27.8 Å². The van der Waals surface area contributed by atoms with Crippen LogP contribution in [0, 0.1) is 17.8 Å². The quantitative estimate of drug-likeness (QED) is 0.903. The van der Waals surface area contributed by atoms with E-state index in [0.717, 1.165) is 41.6 Å². The molecule has 1 aliphatic carbocycles. The molecular weight excluding hydrogens is 334 g/mol. The van der Waals surface area contributed by atoms with Gasteiger partial charge in [-0.15, -0.1) is 0 Å². The highest BCUT2D eigenvalue weighted by Crippen LogP contribution is 2.43. The van der Waals surface area contributed by atoms with Crippen molar-refractivity contribution in [3.8, 4) is 0 Å². The van der Waals surface area contributed by atoms with E-state index in [-0.39, 0.29) is 0 Å². The highest BCUT2D eigenvalue weighted by Gasteiger charge is 2.40. The van der Waals surface area contributed by atoms with Gasteiger partial charge in [0.05, 0.1) is 6.61 Å². The van der Waals surface area contributed by atoms with Crippen LogP contribution in [0.3, 0.4) is 0 Å². The number of carbonyl (C=O) groups is 1. The first kappa shape index (κ1) is 14.6. The second kappa shape index (κ2) is 6.22. The molecule has 1 amide bonds. The van der Waals surface area contributed by atoms with Crippen molar-refractivity contribution in [3.63, 3.8) is 0 Å². The largest absolute Gasteiger partial charge is 0.450 e. The highest BCUT2D eigenvalue weighted by atomic mass is 79.9. The van der Waals surface area contributed by atoms with E-state index in [1.165, 1.54) is 12.8 Å². The van der Waals surface area contributed by atoms with E-state index in [0.29, 0.717) is 12.5 Å². The molecule has 0 bridgehead atoms. The molecule has 6 heteroatoms. The number of fused-ring (bicyclic) bond motifs is 1. The Bertz CT molecular complexity index is 494. The smallest absolute Gasteiger partial charge is 0.404 e. The molecule has 1 aliphatic heterocycles. The molecule has 2 heterocycles. The molecule has 1 aromatic rings. The minimum Gasteiger partial charge on any atom is -0.450 e. The lowest BCUT2D eigenvalue weighted by Crippen LogP contribution is -2.23. The molecule has 0 spiro atoms. The molecule has 0 aromatic carbocycles. The van der Waals surface area contributed by atoms with Gasteiger partial charge < -0.3 is 15.4 Å². The number of hydrogen-bond donors (Lipinski definition) is 1. The summed E-state index contributed by atoms with van der Waals surface area (Å²) in [5, 5.41) is 0. The molecule has 1 saturated carbocycles. The standard InChI is InChI=1S/C15H20BrN3O2/c16-13-1-2-14(18-7-13)19-8-11-5-10(6-12(11)9-19)3-4-21-15(17)20/h1-2,7,10-12H,3-6,8-9H2,(H2,17,20)/t10?,11-,12+. The van der Waals surface area contributed by atoms with Crippen molar-refractivity contribution < 1.29 is 9.53 Å². The number of hydrogen-bond acceptors (Lipinski definition) is 4. The maximum atomic E-state index is 10.6. The Morgan fingerprint density at radius 1 is 1.38 bits per heavy atom. The van der Waals surface area contributed by atoms with Gasteiger partial charge in [0.1, 0.15) is 5.82 Å². The fraction of sp³-hybridized carbons (Fsp3) is 0.600. The summed E-state index contributed by atoms with van der Waals surface area (Å²) in [6.45, 7) is 2.64. The number of nitrogens with two attached hydrogens (primary N) is 1. The fourth-order valence-electron chi connectivity index (χ4n) is 3.73. The molecular formula is C15H20BrN3O2. The maximum Gasteiger partial charge on any atom is 0.404 e. The van der Waals surface area contributed by atoms with Crippen LogP contribution in [0.15, 0.2) is 22.8 Å². The fourth-order valence-corrected chi connectivity index (χ4v) is 3.96. The monoisotopic (exact) mass is 353 g/mol. The number of ether oxygens (including phenoxy) is 1. The summed E-state index contributed by atoms with van der Waals surface area (Å²) in [6.07, 6.45) is 4.57. The van der Waals surface area contributed by atoms with Crippen molar-refractivity contribution in [2.45, 2.75) is 19.3 Å². The zero-order valence-corrected chi connectivity index (χ0v) is 13.5. The summed E-state index contributed by atoms with van der Waals surface area (Å²) >= 11 is 3.42. The predicted octanol–water partition coefficient (Wildman–Crippen LogP) is 2.79. The number of carbonyl (C=O) groups excluding carboxylic acids is 1. The van der Waals surface area contributed by atoms with Gasteiger partial charge >= 0.3 is 6.09 Å². The predicted molar refractivity (Wildman–Crippen MR) is 84.0 cm³/mol. The number of nitrogens with zero attached hydrogens (tertiary/aromatic N) is 2. The molecule has 114 valence electrons. The Balaban J connectivity index is 1.49. The number of rotatable bonds is 4. The number of aromatic nitrogens is 1. The first-order valence-corrected chi connectivity index (χ1v) is 8.20. The van der Waals surface area contributed by atoms with E-state index in [9.17, 15) is 4.79 Å². The van der Waals surface area contributed by atoms with Gasteiger partial charge in [0, 0.05) is 23.8 Å². The van der Waals surface area contributed by atoms with Gasteiger partial charge in [-0.25, -0.2) is 9.78 Å². The second-order valence-corrected chi connectivity index (χ2v) is 6.97. The van der Waals surface area contributed by atoms with E-state index in [2.05, 4.69) is 31.9 Å². The van der Waals surface area contributed by atoms with Crippen LogP contribution in [-0.2, 0) is 4.74 Å². The summed E-state index contributed by atoms with van der Waals surface area (Å²) < 4.78 is 5.86. The van der Waals surface area contributed by atoms with Crippen LogP contribution in [0.5, 0.6) is 0 Å². The van der Waals surface area contributed by atoms with Crippen molar-refractivity contribution in [2.75, 3.05) is 24.6 Å². The lowest BCUT2D eigenvalue weighted by atomic mass is 10.0. The van der Waals surface area contributed by atoms with Crippen molar-refractivity contribution in [1.82, 2.24) is 4.98 Å². The number of pyridine rings is 1. The molecule has 2 aliphatic rings. The summed E-state index contributed by atoms with van der Waals surface area (Å²) in [7, 11) is 0. The molecule has 21 heavy (non-hydrogen) atoms. The molecule has 1 aromatic heterocycles. The van der Waals surface area contributed by atoms with E-state index in [1.54, 1.807) is 0 Å². The number of amides is 1. The average Bonchev–Trinajstić information content (AvgIpc) is 2.97. The zero-order valence-electron chi connectivity index (χ0n) is 11.9. The van der Waals surface area contributed by atoms with Crippen LogP contribution >= 0.6 is 15.9 Å². The second-order valence-electron chi connectivity index (χ2n) is 6.05. The number of halogens is 1. The van der Waals surface area contributed by atoms with Crippen LogP contribution in [0.25, 0.3) is 0 Å². The third-order valence-electron chi connectivity index (χ3n) is 4.65. The SMILES string of the molecule is NC(=O)OCCC1C[C@@H]2CN(c3ccc(Br)cn3)C[C@@H]2C1. The molecule has 5 nitrogen and oxygen atoms in total. The lowest BCUT2D eigenvalue weighted by Gasteiger charge is -2.20. The Morgan fingerprint density at radius 2 is 2.10 bits per heavy atom. The topological polar surface area (TPSA) is 68.5 Å². The minimum atomic E-state index is -0.666. The van der Waals surface area contributed by atoms with Gasteiger partial charge in [-0.05, 0) is 65.1 Å². The third-order valence-corrected chi connectivity index (χ3v) is 5.12. The summed E-state index contributed by atoms with van der Waals surface area (Å²) in [5.41, 5.74) is 4.98. The van der Waals surface area contributed by atoms with Crippen LogP contribution in [-0.4, -0.2) is 30.8 Å². The van der Waals surface area contributed by atoms with Gasteiger partial charge in [0.15, 0.2) is 0 Å². The number of primary amides is 1. The summed E-state index contributed by atoms with van der Waals surface area (Å²) in [6, 6.07) is 4.11. The van der Waals surface area contributed by atoms with Gasteiger partial charge in [-0.1, -0.05) is 0 Å². The first-order valence-electron chi connectivity index (χ1n) is 7.40. The van der Waals surface area contributed by atoms with Crippen molar-refractivity contribution in [2.24, 2.45) is 23.5 Å². The van der Waals surface area contributed by atoms with Gasteiger partial charge in [-0.2, -0.15) is 0 Å². The summed E-state index contributed by atoms with van der Waals surface area (Å²) in [4.78, 5) is 17.4. The lowest BCUT2D eigenvalue weighted by molar-refractivity contribution is 0.148. The van der Waals surface area contributed by atoms with E-state index in [4.69, 9.17) is 10.5 Å². The van der Waals surface area contributed by atoms with Crippen molar-refractivity contribution in [3.05, 3.63) is 22.8 Å². The van der Waals surface area contributed by atoms with Crippen molar-refractivity contribution in [1.29, 1.82) is 0 Å². The molecule has 0 radical (unpaired) electrons. The highest BCUT2D eigenvalue weighted by molar-refractivity contribution is 9.10. The molecule has 2 N–H and O–H groups in total. The normalized spacial score (nSPS) is 27.7. The van der Waals surface area contributed by atoms with E-state index < -0.39 is 6.09 Å². The Kier molecular flexibility index (Phi) is 4.33. The first-order chi connectivity index (χ1) is 10.1. The minimum absolute atomic E-state index is 0.456. The van der Waals surface area contributed by atoms with E-state index >= 15 is 0 Å². The maximum absolute atomic E-state index is 10.6. The van der Waals surface area contributed by atoms with Crippen LogP contribution < -0.4 is 10.6 Å². The van der Waals surface area contributed by atoms with Gasteiger partial charge in [0.2, 0.25) is 0 Å². The molecule has 1 saturated heterocycles. The van der Waals surface area contributed by atoms with Gasteiger partial charge in [0.25, 0.3) is 0 Å². The molecule has 3 rings (SSSR count). The average molecular weight is 354 g/mol.